The van der Waals surface area contributed by atoms with Gasteiger partial charge in [0.2, 0.25) is 0 Å². The van der Waals surface area contributed by atoms with E-state index in [9.17, 15) is 9.59 Å². The third-order valence-electron chi connectivity index (χ3n) is 3.17. The van der Waals surface area contributed by atoms with E-state index in [0.717, 1.165) is 12.1 Å². The van der Waals surface area contributed by atoms with Crippen LogP contribution >= 0.6 is 11.3 Å². The van der Waals surface area contributed by atoms with Crippen molar-refractivity contribution >= 4 is 28.3 Å². The normalized spacial score (nSPS) is 11.3. The van der Waals surface area contributed by atoms with Gasteiger partial charge >= 0.3 is 5.97 Å². The average molecular weight is 333 g/mol. The maximum Gasteiger partial charge on any atom is 0.337 e. The summed E-state index contributed by atoms with van der Waals surface area (Å²) in [5.41, 5.74) is 1.68. The number of anilines is 1. The van der Waals surface area contributed by atoms with Crippen molar-refractivity contribution in [3.05, 3.63) is 40.2 Å². The number of carbonyl (C=O) groups is 2. The van der Waals surface area contributed by atoms with Crippen LogP contribution in [0.25, 0.3) is 0 Å². The number of hydrogen-bond acceptors (Lipinski definition) is 5. The Bertz CT molecular complexity index is 747. The standard InChI is InChI=1S/C16H19N3O3S/c1-9-11(6-17-7-12(9)14(21)22)13(20)19-15-18-10(8-23-15)5-16(2,3)4/h6-8H,5H2,1-4H3,(H,21,22)(H,18,19,20). The van der Waals surface area contributed by atoms with Crippen molar-refractivity contribution in [1.29, 1.82) is 0 Å². The van der Waals surface area contributed by atoms with Crippen LogP contribution in [0, 0.1) is 12.3 Å². The summed E-state index contributed by atoms with van der Waals surface area (Å²) in [6.07, 6.45) is 3.41. The zero-order valence-corrected chi connectivity index (χ0v) is 14.3. The van der Waals surface area contributed by atoms with Gasteiger partial charge in [-0.05, 0) is 24.3 Å². The molecule has 122 valence electrons. The molecule has 0 unspecified atom stereocenters. The Balaban J connectivity index is 2.17. The van der Waals surface area contributed by atoms with Crippen LogP contribution in [0.1, 0.15) is 52.7 Å². The van der Waals surface area contributed by atoms with E-state index in [0.29, 0.717) is 10.7 Å². The number of amides is 1. The molecule has 0 radical (unpaired) electrons. The molecule has 0 atom stereocenters. The molecule has 0 saturated heterocycles. The summed E-state index contributed by atoms with van der Waals surface area (Å²) in [6.45, 7) is 7.96. The van der Waals surface area contributed by atoms with Crippen molar-refractivity contribution in [2.24, 2.45) is 5.41 Å². The fraction of sp³-hybridized carbons (Fsp3) is 0.375. The van der Waals surface area contributed by atoms with Crippen LogP contribution in [0.5, 0.6) is 0 Å². The summed E-state index contributed by atoms with van der Waals surface area (Å²) in [4.78, 5) is 31.7. The second-order valence-electron chi connectivity index (χ2n) is 6.50. The molecule has 2 heterocycles. The van der Waals surface area contributed by atoms with E-state index in [1.165, 1.54) is 23.7 Å². The number of rotatable bonds is 4. The van der Waals surface area contributed by atoms with Crippen LogP contribution in [0.4, 0.5) is 5.13 Å². The minimum atomic E-state index is -1.11. The summed E-state index contributed by atoms with van der Waals surface area (Å²) in [5, 5.41) is 14.2. The lowest BCUT2D eigenvalue weighted by Gasteiger charge is -2.15. The van der Waals surface area contributed by atoms with Crippen LogP contribution in [0.15, 0.2) is 17.8 Å². The van der Waals surface area contributed by atoms with Crippen molar-refractivity contribution < 1.29 is 14.7 Å². The predicted octanol–water partition coefficient (Wildman–Crippen LogP) is 3.39. The number of aromatic carboxylic acids is 1. The molecule has 1 amide bonds. The van der Waals surface area contributed by atoms with Gasteiger partial charge in [-0.3, -0.25) is 15.1 Å². The molecule has 0 aliphatic heterocycles. The molecule has 0 bridgehead atoms. The number of carboxylic acid groups (broad SMARTS) is 1. The highest BCUT2D eigenvalue weighted by molar-refractivity contribution is 7.14. The number of carboxylic acids is 1. The highest BCUT2D eigenvalue weighted by atomic mass is 32.1. The van der Waals surface area contributed by atoms with Crippen LogP contribution in [0.3, 0.4) is 0 Å². The molecular weight excluding hydrogens is 314 g/mol. The second kappa shape index (κ2) is 6.45. The Hall–Kier alpha value is -2.28. The van der Waals surface area contributed by atoms with E-state index in [1.54, 1.807) is 6.92 Å². The van der Waals surface area contributed by atoms with Crippen LogP contribution < -0.4 is 5.32 Å². The van der Waals surface area contributed by atoms with Crippen molar-refractivity contribution in [3.63, 3.8) is 0 Å². The number of carbonyl (C=O) groups excluding carboxylic acids is 1. The number of pyridine rings is 1. The number of nitrogens with one attached hydrogen (secondary N) is 1. The quantitative estimate of drug-likeness (QED) is 0.895. The van der Waals surface area contributed by atoms with E-state index in [-0.39, 0.29) is 16.5 Å². The summed E-state index contributed by atoms with van der Waals surface area (Å²) in [6, 6.07) is 0. The molecular formula is C16H19N3O3S. The Morgan fingerprint density at radius 1 is 1.26 bits per heavy atom. The minimum absolute atomic E-state index is 0.0187. The molecule has 2 rings (SSSR count). The van der Waals surface area contributed by atoms with Gasteiger partial charge in [-0.2, -0.15) is 0 Å². The molecule has 2 N–H and O–H groups in total. The largest absolute Gasteiger partial charge is 0.478 e. The summed E-state index contributed by atoms with van der Waals surface area (Å²) in [5.74, 6) is -1.51. The average Bonchev–Trinajstić information content (AvgIpc) is 2.83. The van der Waals surface area contributed by atoms with Crippen molar-refractivity contribution in [2.75, 3.05) is 5.32 Å². The first-order valence-corrected chi connectivity index (χ1v) is 7.99. The predicted molar refractivity (Wildman–Crippen MR) is 89.2 cm³/mol. The molecule has 7 heteroatoms. The smallest absolute Gasteiger partial charge is 0.337 e. The Labute approximate surface area is 138 Å². The van der Waals surface area contributed by atoms with Gasteiger partial charge in [0.25, 0.3) is 5.91 Å². The zero-order valence-electron chi connectivity index (χ0n) is 13.5. The molecule has 0 spiro atoms. The highest BCUT2D eigenvalue weighted by Crippen LogP contribution is 2.24. The van der Waals surface area contributed by atoms with E-state index in [2.05, 4.69) is 36.1 Å². The van der Waals surface area contributed by atoms with Gasteiger partial charge in [-0.1, -0.05) is 20.8 Å². The first-order chi connectivity index (χ1) is 10.7. The molecule has 0 aliphatic rings. The first kappa shape index (κ1) is 17.1. The lowest BCUT2D eigenvalue weighted by molar-refractivity contribution is 0.0695. The molecule has 0 aromatic carbocycles. The Morgan fingerprint density at radius 3 is 2.52 bits per heavy atom. The molecule has 6 nitrogen and oxygen atoms in total. The Morgan fingerprint density at radius 2 is 1.91 bits per heavy atom. The van der Waals surface area contributed by atoms with E-state index in [4.69, 9.17) is 5.11 Å². The third kappa shape index (κ3) is 4.35. The molecule has 0 aliphatic carbocycles. The van der Waals surface area contributed by atoms with Gasteiger partial charge in [0.1, 0.15) is 0 Å². The van der Waals surface area contributed by atoms with Gasteiger partial charge < -0.3 is 5.11 Å². The van der Waals surface area contributed by atoms with E-state index >= 15 is 0 Å². The maximum absolute atomic E-state index is 12.3. The maximum atomic E-state index is 12.3. The van der Waals surface area contributed by atoms with Crippen molar-refractivity contribution in [1.82, 2.24) is 9.97 Å². The number of nitrogens with zero attached hydrogens (tertiary/aromatic N) is 2. The van der Waals surface area contributed by atoms with Gasteiger partial charge in [0, 0.05) is 17.8 Å². The van der Waals surface area contributed by atoms with Gasteiger partial charge in [0.05, 0.1) is 16.8 Å². The van der Waals surface area contributed by atoms with E-state index in [1.807, 2.05) is 5.38 Å². The van der Waals surface area contributed by atoms with Gasteiger partial charge in [-0.15, -0.1) is 11.3 Å². The van der Waals surface area contributed by atoms with Crippen LogP contribution in [-0.2, 0) is 6.42 Å². The molecule has 2 aromatic rings. The highest BCUT2D eigenvalue weighted by Gasteiger charge is 2.18. The number of aromatic nitrogens is 2. The van der Waals surface area contributed by atoms with Gasteiger partial charge in [0.15, 0.2) is 5.13 Å². The minimum Gasteiger partial charge on any atom is -0.478 e. The summed E-state index contributed by atoms with van der Waals surface area (Å²) >= 11 is 1.35. The summed E-state index contributed by atoms with van der Waals surface area (Å²) < 4.78 is 0. The SMILES string of the molecule is Cc1c(C(=O)O)cncc1C(=O)Nc1nc(CC(C)(C)C)cs1. The lowest BCUT2D eigenvalue weighted by Crippen LogP contribution is -2.16. The van der Waals surface area contributed by atoms with Crippen LogP contribution in [-0.4, -0.2) is 27.0 Å². The fourth-order valence-electron chi connectivity index (χ4n) is 2.12. The number of thiazole rings is 1. The van der Waals surface area contributed by atoms with Gasteiger partial charge in [-0.25, -0.2) is 9.78 Å². The molecule has 0 fully saturated rings. The third-order valence-corrected chi connectivity index (χ3v) is 3.98. The van der Waals surface area contributed by atoms with Crippen molar-refractivity contribution in [3.8, 4) is 0 Å². The Kier molecular flexibility index (Phi) is 4.79. The summed E-state index contributed by atoms with van der Waals surface area (Å²) in [7, 11) is 0. The van der Waals surface area contributed by atoms with Crippen LogP contribution in [0.2, 0.25) is 0 Å². The molecule has 2 aromatic heterocycles. The van der Waals surface area contributed by atoms with E-state index < -0.39 is 11.9 Å². The first-order valence-electron chi connectivity index (χ1n) is 7.11. The number of hydrogen-bond donors (Lipinski definition) is 2. The second-order valence-corrected chi connectivity index (χ2v) is 7.36. The molecule has 0 saturated carbocycles. The molecule has 23 heavy (non-hydrogen) atoms. The van der Waals surface area contributed by atoms with Crippen molar-refractivity contribution in [2.45, 2.75) is 34.1 Å². The monoisotopic (exact) mass is 333 g/mol. The lowest BCUT2D eigenvalue weighted by atomic mass is 9.91. The topological polar surface area (TPSA) is 92.2 Å². The zero-order chi connectivity index (χ0) is 17.2. The fourth-order valence-corrected chi connectivity index (χ4v) is 2.83.